The molecule has 1 heterocycles. The van der Waals surface area contributed by atoms with E-state index in [1.54, 1.807) is 19.1 Å². The lowest BCUT2D eigenvalue weighted by molar-refractivity contribution is 0.593. The van der Waals surface area contributed by atoms with Gasteiger partial charge in [0.25, 0.3) is 10.0 Å². The number of anilines is 1. The van der Waals surface area contributed by atoms with Crippen molar-refractivity contribution >= 4 is 54.0 Å². The standard InChI is InChI=1S/C11H11BrClN3O2S2/c1-6-4-8(12)10(9(13)5-6)20(17,18)16(3)11-15-14-7(2)19-11/h4-5H,1-3H3. The van der Waals surface area contributed by atoms with Gasteiger partial charge in [-0.1, -0.05) is 22.9 Å². The Kier molecular flexibility index (Phi) is 4.38. The molecule has 0 amide bonds. The molecule has 0 unspecified atom stereocenters. The van der Waals surface area contributed by atoms with Crippen molar-refractivity contribution in [1.29, 1.82) is 0 Å². The smallest absolute Gasteiger partial charge is 0.243 e. The van der Waals surface area contributed by atoms with Gasteiger partial charge in [-0.3, -0.25) is 0 Å². The fourth-order valence-corrected chi connectivity index (χ4v) is 5.54. The number of nitrogens with zero attached hydrogens (tertiary/aromatic N) is 3. The molecule has 0 saturated carbocycles. The van der Waals surface area contributed by atoms with Crippen LogP contribution in [0.2, 0.25) is 5.02 Å². The van der Waals surface area contributed by atoms with Gasteiger partial charge in [0.15, 0.2) is 0 Å². The van der Waals surface area contributed by atoms with Gasteiger partial charge in [-0.25, -0.2) is 12.7 Å². The fourth-order valence-electron chi connectivity index (χ4n) is 1.59. The third-order valence-corrected chi connectivity index (χ3v) is 6.72. The minimum absolute atomic E-state index is 0.0279. The van der Waals surface area contributed by atoms with Crippen LogP contribution in [0.3, 0.4) is 0 Å². The van der Waals surface area contributed by atoms with Crippen LogP contribution in [0.5, 0.6) is 0 Å². The summed E-state index contributed by atoms with van der Waals surface area (Å²) in [6.45, 7) is 3.60. The van der Waals surface area contributed by atoms with Crippen LogP contribution in [0.25, 0.3) is 0 Å². The molecule has 0 atom stereocenters. The highest BCUT2D eigenvalue weighted by atomic mass is 79.9. The van der Waals surface area contributed by atoms with E-state index in [0.29, 0.717) is 14.6 Å². The average molecular weight is 397 g/mol. The van der Waals surface area contributed by atoms with Gasteiger partial charge in [0.1, 0.15) is 9.90 Å². The molecule has 20 heavy (non-hydrogen) atoms. The monoisotopic (exact) mass is 395 g/mol. The zero-order chi connectivity index (χ0) is 15.1. The number of aryl methyl sites for hydroxylation is 2. The van der Waals surface area contributed by atoms with E-state index in [2.05, 4.69) is 26.1 Å². The Bertz CT molecular complexity index is 738. The van der Waals surface area contributed by atoms with Crippen LogP contribution in [-0.2, 0) is 10.0 Å². The summed E-state index contributed by atoms with van der Waals surface area (Å²) in [6.07, 6.45) is 0. The number of sulfonamides is 1. The Labute approximate surface area is 134 Å². The van der Waals surface area contributed by atoms with Crippen molar-refractivity contribution in [3.05, 3.63) is 32.2 Å². The van der Waals surface area contributed by atoms with Crippen LogP contribution < -0.4 is 4.31 Å². The first-order chi connectivity index (χ1) is 9.23. The molecule has 0 aliphatic rings. The van der Waals surface area contributed by atoms with E-state index in [9.17, 15) is 8.42 Å². The second kappa shape index (κ2) is 5.59. The Morgan fingerprint density at radius 3 is 2.45 bits per heavy atom. The maximum absolute atomic E-state index is 12.6. The molecule has 1 aromatic heterocycles. The van der Waals surface area contributed by atoms with Gasteiger partial charge in [-0.2, -0.15) is 0 Å². The van der Waals surface area contributed by atoms with Crippen LogP contribution in [0, 0.1) is 13.8 Å². The Morgan fingerprint density at radius 2 is 1.95 bits per heavy atom. The highest BCUT2D eigenvalue weighted by Gasteiger charge is 2.28. The van der Waals surface area contributed by atoms with Crippen LogP contribution in [-0.4, -0.2) is 25.7 Å². The number of halogens is 2. The number of benzene rings is 1. The zero-order valence-electron chi connectivity index (χ0n) is 10.9. The fraction of sp³-hybridized carbons (Fsp3) is 0.273. The summed E-state index contributed by atoms with van der Waals surface area (Å²) in [5.41, 5.74) is 0.871. The molecular formula is C11H11BrClN3O2S2. The van der Waals surface area contributed by atoms with E-state index in [1.807, 2.05) is 6.92 Å². The number of hydrogen-bond donors (Lipinski definition) is 0. The lowest BCUT2D eigenvalue weighted by Gasteiger charge is -2.18. The summed E-state index contributed by atoms with van der Waals surface area (Å²) in [5.74, 6) is 0. The maximum atomic E-state index is 12.6. The van der Waals surface area contributed by atoms with Gasteiger partial charge in [0.2, 0.25) is 5.13 Å². The second-order valence-electron chi connectivity index (χ2n) is 4.13. The number of hydrogen-bond acceptors (Lipinski definition) is 5. The van der Waals surface area contributed by atoms with Crippen LogP contribution >= 0.6 is 38.9 Å². The molecule has 0 aliphatic heterocycles. The topological polar surface area (TPSA) is 63.2 Å². The second-order valence-corrected chi connectivity index (χ2v) is 8.46. The van der Waals surface area contributed by atoms with Crippen molar-refractivity contribution in [3.8, 4) is 0 Å². The first kappa shape index (κ1) is 15.7. The SMILES string of the molecule is Cc1cc(Cl)c(S(=O)(=O)N(C)c2nnc(C)s2)c(Br)c1. The van der Waals surface area contributed by atoms with Gasteiger partial charge in [-0.15, -0.1) is 10.2 Å². The molecule has 108 valence electrons. The van der Waals surface area contributed by atoms with Crippen molar-refractivity contribution in [2.75, 3.05) is 11.4 Å². The minimum Gasteiger partial charge on any atom is -0.243 e. The number of rotatable bonds is 3. The molecule has 0 saturated heterocycles. The molecule has 0 aliphatic carbocycles. The van der Waals surface area contributed by atoms with Crippen molar-refractivity contribution in [2.45, 2.75) is 18.7 Å². The molecule has 2 aromatic rings. The quantitative estimate of drug-likeness (QED) is 0.797. The predicted octanol–water partition coefficient (Wildman–Crippen LogP) is 3.40. The van der Waals surface area contributed by atoms with E-state index in [-0.39, 0.29) is 9.92 Å². The highest BCUT2D eigenvalue weighted by Crippen LogP contribution is 2.34. The largest absolute Gasteiger partial charge is 0.268 e. The van der Waals surface area contributed by atoms with E-state index < -0.39 is 10.0 Å². The van der Waals surface area contributed by atoms with Crippen molar-refractivity contribution in [2.24, 2.45) is 0 Å². The lowest BCUT2D eigenvalue weighted by Crippen LogP contribution is -2.27. The Hall–Kier alpha value is -0.700. The molecular weight excluding hydrogens is 386 g/mol. The summed E-state index contributed by atoms with van der Waals surface area (Å²) in [4.78, 5) is 0.0279. The van der Waals surface area contributed by atoms with E-state index in [1.165, 1.54) is 18.4 Å². The Morgan fingerprint density at radius 1 is 1.30 bits per heavy atom. The highest BCUT2D eigenvalue weighted by molar-refractivity contribution is 9.10. The maximum Gasteiger partial charge on any atom is 0.268 e. The number of aromatic nitrogens is 2. The van der Waals surface area contributed by atoms with Crippen molar-refractivity contribution in [1.82, 2.24) is 10.2 Å². The first-order valence-corrected chi connectivity index (χ1v) is 8.91. The molecule has 5 nitrogen and oxygen atoms in total. The average Bonchev–Trinajstić information content (AvgIpc) is 2.72. The molecule has 0 radical (unpaired) electrons. The molecule has 2 rings (SSSR count). The summed E-state index contributed by atoms with van der Waals surface area (Å²) in [7, 11) is -2.37. The normalized spacial score (nSPS) is 11.7. The molecule has 0 fully saturated rings. The third kappa shape index (κ3) is 2.83. The Balaban J connectivity index is 2.56. The summed E-state index contributed by atoms with van der Waals surface area (Å²) in [5, 5.41) is 8.82. The predicted molar refractivity (Wildman–Crippen MR) is 84.1 cm³/mol. The lowest BCUT2D eigenvalue weighted by atomic mass is 10.2. The first-order valence-electron chi connectivity index (χ1n) is 5.48. The third-order valence-electron chi connectivity index (χ3n) is 2.55. The summed E-state index contributed by atoms with van der Waals surface area (Å²) in [6, 6.07) is 3.32. The van der Waals surface area contributed by atoms with Crippen molar-refractivity contribution in [3.63, 3.8) is 0 Å². The van der Waals surface area contributed by atoms with Gasteiger partial charge < -0.3 is 0 Å². The van der Waals surface area contributed by atoms with Gasteiger partial charge in [0, 0.05) is 11.5 Å². The van der Waals surface area contributed by atoms with Crippen LogP contribution in [0.1, 0.15) is 10.6 Å². The van der Waals surface area contributed by atoms with E-state index >= 15 is 0 Å². The zero-order valence-corrected chi connectivity index (χ0v) is 14.9. The van der Waals surface area contributed by atoms with Crippen LogP contribution in [0.15, 0.2) is 21.5 Å². The molecule has 0 N–H and O–H groups in total. The van der Waals surface area contributed by atoms with E-state index in [0.717, 1.165) is 9.87 Å². The van der Waals surface area contributed by atoms with Gasteiger partial charge in [-0.05, 0) is 47.5 Å². The summed E-state index contributed by atoms with van der Waals surface area (Å²) < 4.78 is 26.8. The molecule has 0 bridgehead atoms. The van der Waals surface area contributed by atoms with Gasteiger partial charge in [0.05, 0.1) is 5.02 Å². The minimum atomic E-state index is -3.79. The summed E-state index contributed by atoms with van der Waals surface area (Å²) >= 11 is 10.5. The molecule has 9 heteroatoms. The molecule has 1 aromatic carbocycles. The molecule has 0 spiro atoms. The van der Waals surface area contributed by atoms with Crippen LogP contribution in [0.4, 0.5) is 5.13 Å². The van der Waals surface area contributed by atoms with Gasteiger partial charge >= 0.3 is 0 Å². The van der Waals surface area contributed by atoms with E-state index in [4.69, 9.17) is 11.6 Å². The van der Waals surface area contributed by atoms with Crippen molar-refractivity contribution < 1.29 is 8.42 Å².